The summed E-state index contributed by atoms with van der Waals surface area (Å²) in [4.78, 5) is 42.6. The molecule has 2 unspecified atom stereocenters. The number of nitrogens with zero attached hydrogens (tertiary/aromatic N) is 2. The Balaban J connectivity index is 1.51. The van der Waals surface area contributed by atoms with E-state index in [0.29, 0.717) is 27.0 Å². The number of hydrogen-bond acceptors (Lipinski definition) is 5. The third-order valence-corrected chi connectivity index (χ3v) is 6.75. The van der Waals surface area contributed by atoms with Gasteiger partial charge in [-0.1, -0.05) is 46.4 Å². The standard InChI is InChI=1S/C23H17Cl4N5O3/c24-15-3-1-13(9-17(15)26)29-22(34)19-11-20(23(35)30-14-2-4-16(25)18(27)10-14)32(19)31-21(33)12-5-7-28-8-6-12/h1-10,19-20H,11H2,(H,29,34)(H,30,35)(H,31,33). The molecule has 0 aliphatic carbocycles. The summed E-state index contributed by atoms with van der Waals surface area (Å²) < 4.78 is 0. The molecule has 0 saturated carbocycles. The highest BCUT2D eigenvalue weighted by atomic mass is 35.5. The van der Waals surface area contributed by atoms with Crippen molar-refractivity contribution < 1.29 is 14.4 Å². The number of carbonyl (C=O) groups excluding carboxylic acids is 3. The van der Waals surface area contributed by atoms with Crippen LogP contribution in [0.1, 0.15) is 16.8 Å². The summed E-state index contributed by atoms with van der Waals surface area (Å²) in [5, 5.41) is 8.01. The fourth-order valence-electron chi connectivity index (χ4n) is 3.42. The third-order valence-electron chi connectivity index (χ3n) is 5.27. The van der Waals surface area contributed by atoms with Crippen molar-refractivity contribution in [2.24, 2.45) is 0 Å². The molecule has 1 saturated heterocycles. The van der Waals surface area contributed by atoms with E-state index in [2.05, 4.69) is 21.0 Å². The van der Waals surface area contributed by atoms with E-state index in [4.69, 9.17) is 46.4 Å². The predicted octanol–water partition coefficient (Wildman–Crippen LogP) is 5.06. The van der Waals surface area contributed by atoms with Crippen molar-refractivity contribution >= 4 is 75.5 Å². The van der Waals surface area contributed by atoms with Crippen molar-refractivity contribution in [1.82, 2.24) is 15.4 Å². The summed E-state index contributed by atoms with van der Waals surface area (Å²) in [6.45, 7) is 0. The van der Waals surface area contributed by atoms with Crippen LogP contribution in [0.3, 0.4) is 0 Å². The first kappa shape index (κ1) is 25.2. The second kappa shape index (κ2) is 10.8. The van der Waals surface area contributed by atoms with Crippen LogP contribution in [0.4, 0.5) is 11.4 Å². The maximum absolute atomic E-state index is 13.0. The van der Waals surface area contributed by atoms with Crippen molar-refractivity contribution in [1.29, 1.82) is 0 Å². The highest BCUT2D eigenvalue weighted by molar-refractivity contribution is 6.42. The highest BCUT2D eigenvalue weighted by Crippen LogP contribution is 2.30. The van der Waals surface area contributed by atoms with Gasteiger partial charge in [0, 0.05) is 35.8 Å². The number of anilines is 2. The van der Waals surface area contributed by atoms with Gasteiger partial charge in [0.25, 0.3) is 5.91 Å². The number of amides is 3. The van der Waals surface area contributed by atoms with E-state index >= 15 is 0 Å². The number of carbonyl (C=O) groups is 3. The minimum absolute atomic E-state index is 0.150. The molecule has 12 heteroatoms. The molecule has 2 aromatic carbocycles. The van der Waals surface area contributed by atoms with Crippen LogP contribution in [0.5, 0.6) is 0 Å². The summed E-state index contributed by atoms with van der Waals surface area (Å²) in [5.41, 5.74) is 3.83. The average Bonchev–Trinajstić information content (AvgIpc) is 2.82. The van der Waals surface area contributed by atoms with Gasteiger partial charge in [-0.15, -0.1) is 0 Å². The van der Waals surface area contributed by atoms with E-state index in [9.17, 15) is 14.4 Å². The second-order valence-corrected chi connectivity index (χ2v) is 9.22. The fraction of sp³-hybridized carbons (Fsp3) is 0.130. The fourth-order valence-corrected chi connectivity index (χ4v) is 4.02. The Labute approximate surface area is 220 Å². The molecule has 3 aromatic rings. The van der Waals surface area contributed by atoms with Crippen molar-refractivity contribution in [2.75, 3.05) is 10.6 Å². The number of aromatic nitrogens is 1. The van der Waals surface area contributed by atoms with Gasteiger partial charge in [0.1, 0.15) is 12.1 Å². The van der Waals surface area contributed by atoms with Crippen LogP contribution < -0.4 is 16.1 Å². The van der Waals surface area contributed by atoms with Crippen LogP contribution in [0.15, 0.2) is 60.9 Å². The minimum Gasteiger partial charge on any atom is -0.325 e. The summed E-state index contributed by atoms with van der Waals surface area (Å²) in [6, 6.07) is 10.7. The summed E-state index contributed by atoms with van der Waals surface area (Å²) in [5.74, 6) is -1.36. The van der Waals surface area contributed by atoms with Gasteiger partial charge >= 0.3 is 0 Å². The van der Waals surface area contributed by atoms with Gasteiger partial charge in [-0.25, -0.2) is 0 Å². The number of halogens is 4. The number of pyridine rings is 1. The molecule has 3 N–H and O–H groups in total. The maximum Gasteiger partial charge on any atom is 0.265 e. The second-order valence-electron chi connectivity index (χ2n) is 7.59. The molecule has 35 heavy (non-hydrogen) atoms. The van der Waals surface area contributed by atoms with E-state index in [1.165, 1.54) is 41.7 Å². The molecule has 4 rings (SSSR count). The molecule has 0 spiro atoms. The predicted molar refractivity (Wildman–Crippen MR) is 136 cm³/mol. The third kappa shape index (κ3) is 5.86. The van der Waals surface area contributed by atoms with Gasteiger partial charge < -0.3 is 10.6 Å². The van der Waals surface area contributed by atoms with Crippen molar-refractivity contribution in [3.63, 3.8) is 0 Å². The highest BCUT2D eigenvalue weighted by Gasteiger charge is 2.48. The Hall–Kier alpha value is -2.88. The zero-order valence-corrected chi connectivity index (χ0v) is 20.8. The lowest BCUT2D eigenvalue weighted by Gasteiger charge is -2.45. The lowest BCUT2D eigenvalue weighted by molar-refractivity contribution is -0.141. The van der Waals surface area contributed by atoms with Gasteiger partial charge in [-0.3, -0.25) is 24.8 Å². The number of rotatable bonds is 6. The van der Waals surface area contributed by atoms with Gasteiger partial charge in [-0.2, -0.15) is 5.01 Å². The van der Waals surface area contributed by atoms with Crippen LogP contribution in [-0.4, -0.2) is 39.8 Å². The summed E-state index contributed by atoms with van der Waals surface area (Å²) in [6.07, 6.45) is 3.08. The van der Waals surface area contributed by atoms with Crippen molar-refractivity contribution in [2.45, 2.75) is 18.5 Å². The zero-order valence-electron chi connectivity index (χ0n) is 17.8. The van der Waals surface area contributed by atoms with E-state index < -0.39 is 29.8 Å². The number of benzene rings is 2. The average molecular weight is 553 g/mol. The molecule has 3 amide bonds. The number of hydrazine groups is 1. The molecule has 0 radical (unpaired) electrons. The SMILES string of the molecule is O=C(NN1C(C(=O)Nc2ccc(Cl)c(Cl)c2)CC1C(=O)Nc1ccc(Cl)c(Cl)c1)c1ccncc1. The monoisotopic (exact) mass is 551 g/mol. The Morgan fingerprint density at radius 3 is 1.69 bits per heavy atom. The summed E-state index contributed by atoms with van der Waals surface area (Å²) in [7, 11) is 0. The first-order valence-corrected chi connectivity index (χ1v) is 11.8. The molecule has 1 fully saturated rings. The largest absolute Gasteiger partial charge is 0.325 e. The molecule has 8 nitrogen and oxygen atoms in total. The molecular weight excluding hydrogens is 536 g/mol. The first-order valence-electron chi connectivity index (χ1n) is 10.2. The molecule has 2 heterocycles. The smallest absolute Gasteiger partial charge is 0.265 e. The Bertz CT molecular complexity index is 1220. The molecule has 0 bridgehead atoms. The lowest BCUT2D eigenvalue weighted by Crippen LogP contribution is -2.70. The van der Waals surface area contributed by atoms with Crippen LogP contribution in [-0.2, 0) is 9.59 Å². The van der Waals surface area contributed by atoms with Crippen LogP contribution in [0.2, 0.25) is 20.1 Å². The van der Waals surface area contributed by atoms with Crippen LogP contribution in [0, 0.1) is 0 Å². The Morgan fingerprint density at radius 1 is 0.743 bits per heavy atom. The minimum atomic E-state index is -0.820. The van der Waals surface area contributed by atoms with E-state index in [-0.39, 0.29) is 16.5 Å². The van der Waals surface area contributed by atoms with Crippen molar-refractivity contribution in [3.8, 4) is 0 Å². The quantitative estimate of drug-likeness (QED) is 0.396. The van der Waals surface area contributed by atoms with Gasteiger partial charge in [-0.05, 0) is 48.5 Å². The molecule has 2 atom stereocenters. The van der Waals surface area contributed by atoms with Crippen molar-refractivity contribution in [3.05, 3.63) is 86.6 Å². The number of nitrogens with one attached hydrogen (secondary N) is 3. The molecular formula is C23H17Cl4N5O3. The van der Waals surface area contributed by atoms with Crippen LogP contribution >= 0.6 is 46.4 Å². The lowest BCUT2D eigenvalue weighted by atomic mass is 9.93. The van der Waals surface area contributed by atoms with Gasteiger partial charge in [0.2, 0.25) is 11.8 Å². The van der Waals surface area contributed by atoms with E-state index in [0.717, 1.165) is 0 Å². The molecule has 1 aliphatic heterocycles. The molecule has 1 aliphatic rings. The zero-order chi connectivity index (χ0) is 25.1. The van der Waals surface area contributed by atoms with E-state index in [1.807, 2.05) is 0 Å². The van der Waals surface area contributed by atoms with E-state index in [1.54, 1.807) is 24.3 Å². The Kier molecular flexibility index (Phi) is 7.78. The summed E-state index contributed by atoms with van der Waals surface area (Å²) >= 11 is 23.9. The van der Waals surface area contributed by atoms with Gasteiger partial charge in [0.15, 0.2) is 0 Å². The normalized spacial score (nSPS) is 17.3. The first-order chi connectivity index (χ1) is 16.7. The van der Waals surface area contributed by atoms with Crippen LogP contribution in [0.25, 0.3) is 0 Å². The number of hydrogen-bond donors (Lipinski definition) is 3. The Morgan fingerprint density at radius 2 is 1.23 bits per heavy atom. The topological polar surface area (TPSA) is 103 Å². The molecule has 180 valence electrons. The van der Waals surface area contributed by atoms with Gasteiger partial charge in [0.05, 0.1) is 20.1 Å². The maximum atomic E-state index is 13.0. The molecule has 1 aromatic heterocycles.